The molecule has 2 unspecified atom stereocenters. The molecule has 1 N–H and O–H groups in total. The van der Waals surface area contributed by atoms with Gasteiger partial charge in [0.25, 0.3) is 0 Å². The van der Waals surface area contributed by atoms with Crippen molar-refractivity contribution in [3.05, 3.63) is 0 Å². The van der Waals surface area contributed by atoms with Crippen LogP contribution in [0.2, 0.25) is 0 Å². The highest BCUT2D eigenvalue weighted by molar-refractivity contribution is 4.96. The van der Waals surface area contributed by atoms with Gasteiger partial charge in [-0.3, -0.25) is 4.90 Å². The van der Waals surface area contributed by atoms with Crippen LogP contribution in [-0.4, -0.2) is 36.1 Å². The van der Waals surface area contributed by atoms with Crippen LogP contribution in [0.4, 0.5) is 0 Å². The van der Waals surface area contributed by atoms with Crippen molar-refractivity contribution in [1.82, 2.24) is 10.2 Å². The van der Waals surface area contributed by atoms with Crippen molar-refractivity contribution >= 4 is 0 Å². The Morgan fingerprint density at radius 3 is 2.53 bits per heavy atom. The number of rotatable bonds is 4. The summed E-state index contributed by atoms with van der Waals surface area (Å²) in [6.45, 7) is 11.0. The Morgan fingerprint density at radius 2 is 1.84 bits per heavy atom. The smallest absolute Gasteiger partial charge is 0.0308 e. The molecule has 1 aliphatic carbocycles. The minimum Gasteiger partial charge on any atom is -0.310 e. The Morgan fingerprint density at radius 1 is 1.11 bits per heavy atom. The van der Waals surface area contributed by atoms with E-state index in [4.69, 9.17) is 0 Å². The van der Waals surface area contributed by atoms with E-state index in [1.54, 1.807) is 0 Å². The summed E-state index contributed by atoms with van der Waals surface area (Å²) in [5.41, 5.74) is 0.457. The van der Waals surface area contributed by atoms with Gasteiger partial charge in [0.15, 0.2) is 0 Å². The standard InChI is InChI=1S/C17H34N2/c1-4-15(2)13-16(3)19-12-8-11-18-17(14-19)9-6-5-7-10-17/h15-16,18H,4-14H2,1-3H3. The van der Waals surface area contributed by atoms with E-state index in [1.165, 1.54) is 71.0 Å². The van der Waals surface area contributed by atoms with Gasteiger partial charge < -0.3 is 5.32 Å². The lowest BCUT2D eigenvalue weighted by molar-refractivity contribution is 0.122. The molecule has 1 spiro atoms. The van der Waals surface area contributed by atoms with E-state index in [9.17, 15) is 0 Å². The van der Waals surface area contributed by atoms with E-state index in [-0.39, 0.29) is 0 Å². The van der Waals surface area contributed by atoms with Gasteiger partial charge in [0.1, 0.15) is 0 Å². The zero-order valence-electron chi connectivity index (χ0n) is 13.4. The summed E-state index contributed by atoms with van der Waals surface area (Å²) in [7, 11) is 0. The van der Waals surface area contributed by atoms with Crippen molar-refractivity contribution in [3.8, 4) is 0 Å². The lowest BCUT2D eigenvalue weighted by Crippen LogP contribution is -2.54. The number of hydrogen-bond donors (Lipinski definition) is 1. The first-order valence-corrected chi connectivity index (χ1v) is 8.64. The fourth-order valence-electron chi connectivity index (χ4n) is 4.00. The van der Waals surface area contributed by atoms with Gasteiger partial charge in [-0.15, -0.1) is 0 Å². The summed E-state index contributed by atoms with van der Waals surface area (Å²) < 4.78 is 0. The van der Waals surface area contributed by atoms with Gasteiger partial charge in [-0.2, -0.15) is 0 Å². The topological polar surface area (TPSA) is 15.3 Å². The van der Waals surface area contributed by atoms with Crippen molar-refractivity contribution in [2.24, 2.45) is 5.92 Å². The van der Waals surface area contributed by atoms with Gasteiger partial charge in [-0.1, -0.05) is 39.5 Å². The van der Waals surface area contributed by atoms with E-state index in [0.29, 0.717) is 5.54 Å². The molecule has 0 radical (unpaired) electrons. The number of hydrogen-bond acceptors (Lipinski definition) is 2. The zero-order valence-corrected chi connectivity index (χ0v) is 13.4. The maximum absolute atomic E-state index is 3.91. The number of nitrogens with zero attached hydrogens (tertiary/aromatic N) is 1. The maximum Gasteiger partial charge on any atom is 0.0308 e. The van der Waals surface area contributed by atoms with Crippen LogP contribution in [0.15, 0.2) is 0 Å². The molecule has 1 heterocycles. The van der Waals surface area contributed by atoms with Crippen molar-refractivity contribution in [3.63, 3.8) is 0 Å². The summed E-state index contributed by atoms with van der Waals surface area (Å²) in [5, 5.41) is 3.91. The van der Waals surface area contributed by atoms with Gasteiger partial charge in [0.2, 0.25) is 0 Å². The molecule has 2 nitrogen and oxygen atoms in total. The molecule has 112 valence electrons. The predicted molar refractivity (Wildman–Crippen MR) is 83.5 cm³/mol. The third-order valence-electron chi connectivity index (χ3n) is 5.50. The van der Waals surface area contributed by atoms with Crippen LogP contribution < -0.4 is 5.32 Å². The van der Waals surface area contributed by atoms with Crippen molar-refractivity contribution < 1.29 is 0 Å². The molecule has 1 aliphatic heterocycles. The SMILES string of the molecule is CCC(C)CC(C)N1CCCNC2(CCCCC2)C1. The molecule has 19 heavy (non-hydrogen) atoms. The number of nitrogens with one attached hydrogen (secondary N) is 1. The molecule has 0 aromatic carbocycles. The first-order valence-electron chi connectivity index (χ1n) is 8.64. The third-order valence-corrected chi connectivity index (χ3v) is 5.50. The second-order valence-corrected chi connectivity index (χ2v) is 7.19. The quantitative estimate of drug-likeness (QED) is 0.832. The molecule has 1 saturated heterocycles. The molecular formula is C17H34N2. The molecule has 2 atom stereocenters. The molecule has 0 bridgehead atoms. The van der Waals surface area contributed by atoms with E-state index >= 15 is 0 Å². The largest absolute Gasteiger partial charge is 0.310 e. The maximum atomic E-state index is 3.91. The van der Waals surface area contributed by atoms with Gasteiger partial charge in [0, 0.05) is 18.1 Å². The second kappa shape index (κ2) is 7.08. The Bertz CT molecular complexity index is 258. The molecule has 0 aromatic rings. The molecular weight excluding hydrogens is 232 g/mol. The summed E-state index contributed by atoms with van der Waals surface area (Å²) in [6.07, 6.45) is 11.1. The highest BCUT2D eigenvalue weighted by Gasteiger charge is 2.36. The lowest BCUT2D eigenvalue weighted by Gasteiger charge is -2.42. The summed E-state index contributed by atoms with van der Waals surface area (Å²) in [4.78, 5) is 2.79. The Kier molecular flexibility index (Phi) is 5.70. The van der Waals surface area contributed by atoms with Crippen molar-refractivity contribution in [2.75, 3.05) is 19.6 Å². The molecule has 2 fully saturated rings. The van der Waals surface area contributed by atoms with E-state index in [1.807, 2.05) is 0 Å². The highest BCUT2D eigenvalue weighted by atomic mass is 15.2. The fourth-order valence-corrected chi connectivity index (χ4v) is 4.00. The first kappa shape index (κ1) is 15.3. The molecule has 1 saturated carbocycles. The molecule has 0 aromatic heterocycles. The van der Waals surface area contributed by atoms with Crippen molar-refractivity contribution in [2.45, 2.75) is 83.7 Å². The third kappa shape index (κ3) is 4.19. The van der Waals surface area contributed by atoms with Crippen LogP contribution in [-0.2, 0) is 0 Å². The Labute approximate surface area is 120 Å². The first-order chi connectivity index (χ1) is 9.15. The Balaban J connectivity index is 1.95. The van der Waals surface area contributed by atoms with Crippen LogP contribution in [0.1, 0.15) is 72.1 Å². The van der Waals surface area contributed by atoms with Crippen LogP contribution >= 0.6 is 0 Å². The van der Waals surface area contributed by atoms with Crippen LogP contribution in [0, 0.1) is 5.92 Å². The minimum atomic E-state index is 0.457. The summed E-state index contributed by atoms with van der Waals surface area (Å²) >= 11 is 0. The monoisotopic (exact) mass is 266 g/mol. The normalized spacial score (nSPS) is 27.9. The molecule has 2 aliphatic rings. The average molecular weight is 266 g/mol. The average Bonchev–Trinajstić information content (AvgIpc) is 2.62. The van der Waals surface area contributed by atoms with Crippen LogP contribution in [0.3, 0.4) is 0 Å². The van der Waals surface area contributed by atoms with Gasteiger partial charge in [0.05, 0.1) is 0 Å². The van der Waals surface area contributed by atoms with E-state index in [0.717, 1.165) is 12.0 Å². The fraction of sp³-hybridized carbons (Fsp3) is 1.00. The van der Waals surface area contributed by atoms with Gasteiger partial charge >= 0.3 is 0 Å². The Hall–Kier alpha value is -0.0800. The lowest BCUT2D eigenvalue weighted by atomic mass is 9.81. The minimum absolute atomic E-state index is 0.457. The summed E-state index contributed by atoms with van der Waals surface area (Å²) in [5.74, 6) is 0.869. The predicted octanol–water partition coefficient (Wildman–Crippen LogP) is 3.81. The van der Waals surface area contributed by atoms with Crippen LogP contribution in [0.5, 0.6) is 0 Å². The van der Waals surface area contributed by atoms with E-state index in [2.05, 4.69) is 31.0 Å². The molecule has 2 heteroatoms. The van der Waals surface area contributed by atoms with E-state index < -0.39 is 0 Å². The van der Waals surface area contributed by atoms with Gasteiger partial charge in [-0.25, -0.2) is 0 Å². The second-order valence-electron chi connectivity index (χ2n) is 7.19. The van der Waals surface area contributed by atoms with Gasteiger partial charge in [-0.05, 0) is 51.6 Å². The highest BCUT2D eigenvalue weighted by Crippen LogP contribution is 2.31. The molecule has 0 amide bonds. The van der Waals surface area contributed by atoms with Crippen molar-refractivity contribution in [1.29, 1.82) is 0 Å². The zero-order chi connectivity index (χ0) is 13.7. The molecule has 2 rings (SSSR count). The van der Waals surface area contributed by atoms with Crippen LogP contribution in [0.25, 0.3) is 0 Å². The summed E-state index contributed by atoms with van der Waals surface area (Å²) in [6, 6.07) is 0.758.